The Bertz CT molecular complexity index is 563. The molecule has 0 aliphatic heterocycles. The van der Waals surface area contributed by atoms with E-state index in [-0.39, 0.29) is 6.10 Å². The van der Waals surface area contributed by atoms with Crippen LogP contribution in [-0.4, -0.2) is 11.1 Å². The highest BCUT2D eigenvalue weighted by molar-refractivity contribution is 7.11. The lowest BCUT2D eigenvalue weighted by molar-refractivity contribution is 0.242. The van der Waals surface area contributed by atoms with Gasteiger partial charge in [-0.05, 0) is 51.0 Å². The van der Waals surface area contributed by atoms with Crippen molar-refractivity contribution in [1.29, 1.82) is 0 Å². The van der Waals surface area contributed by atoms with Gasteiger partial charge < -0.3 is 10.1 Å². The first-order valence-electron chi connectivity index (χ1n) is 7.03. The lowest BCUT2D eigenvalue weighted by atomic mass is 10.2. The summed E-state index contributed by atoms with van der Waals surface area (Å²) >= 11 is 1.77. The minimum absolute atomic E-state index is 0.206. The topological polar surface area (TPSA) is 34.2 Å². The molecule has 1 aromatic carbocycles. The van der Waals surface area contributed by atoms with Gasteiger partial charge in [-0.1, -0.05) is 6.92 Å². The molecule has 0 aliphatic carbocycles. The standard InChI is InChI=1S/C16H22N2OS/c1-5-16-18-10-14(20-16)9-17-15-7-6-13(8-12(15)4)19-11(2)3/h6-8,10-11,17H,5,9H2,1-4H3. The number of hydrogen-bond acceptors (Lipinski definition) is 4. The van der Waals surface area contributed by atoms with Crippen molar-refractivity contribution in [2.75, 3.05) is 5.32 Å². The molecule has 4 heteroatoms. The number of benzene rings is 1. The molecule has 1 heterocycles. The zero-order valence-electron chi connectivity index (χ0n) is 12.6. The lowest BCUT2D eigenvalue weighted by Gasteiger charge is -2.13. The summed E-state index contributed by atoms with van der Waals surface area (Å²) in [7, 11) is 0. The Morgan fingerprint density at radius 2 is 2.15 bits per heavy atom. The Balaban J connectivity index is 1.99. The molecular weight excluding hydrogens is 268 g/mol. The van der Waals surface area contributed by atoms with Gasteiger partial charge in [0.05, 0.1) is 17.7 Å². The van der Waals surface area contributed by atoms with Crippen LogP contribution < -0.4 is 10.1 Å². The Morgan fingerprint density at radius 3 is 2.75 bits per heavy atom. The van der Waals surface area contributed by atoms with Crippen LogP contribution in [0.2, 0.25) is 0 Å². The third kappa shape index (κ3) is 3.97. The maximum atomic E-state index is 5.69. The van der Waals surface area contributed by atoms with E-state index in [1.54, 1.807) is 11.3 Å². The molecule has 2 rings (SSSR count). The fourth-order valence-corrected chi connectivity index (χ4v) is 2.76. The summed E-state index contributed by atoms with van der Waals surface area (Å²) in [4.78, 5) is 5.64. The van der Waals surface area contributed by atoms with Gasteiger partial charge in [-0.25, -0.2) is 4.98 Å². The van der Waals surface area contributed by atoms with Gasteiger partial charge in [0.2, 0.25) is 0 Å². The summed E-state index contributed by atoms with van der Waals surface area (Å²) in [6.45, 7) is 9.13. The van der Waals surface area contributed by atoms with Crippen molar-refractivity contribution in [3.63, 3.8) is 0 Å². The van der Waals surface area contributed by atoms with Gasteiger partial charge in [0.1, 0.15) is 5.75 Å². The van der Waals surface area contributed by atoms with Crippen molar-refractivity contribution in [3.8, 4) is 5.75 Å². The van der Waals surface area contributed by atoms with E-state index in [9.17, 15) is 0 Å². The van der Waals surface area contributed by atoms with Gasteiger partial charge in [-0.15, -0.1) is 11.3 Å². The molecule has 1 aromatic heterocycles. The number of nitrogens with one attached hydrogen (secondary N) is 1. The minimum atomic E-state index is 0.206. The van der Waals surface area contributed by atoms with E-state index >= 15 is 0 Å². The number of nitrogens with zero attached hydrogens (tertiary/aromatic N) is 1. The van der Waals surface area contributed by atoms with Crippen molar-refractivity contribution in [3.05, 3.63) is 39.8 Å². The molecule has 0 saturated heterocycles. The molecule has 0 aliphatic rings. The van der Waals surface area contributed by atoms with Gasteiger partial charge in [-0.2, -0.15) is 0 Å². The Hall–Kier alpha value is -1.55. The maximum absolute atomic E-state index is 5.69. The van der Waals surface area contributed by atoms with Crippen molar-refractivity contribution >= 4 is 17.0 Å². The first kappa shape index (κ1) is 14.9. The zero-order chi connectivity index (χ0) is 14.5. The number of ether oxygens (including phenoxy) is 1. The van der Waals surface area contributed by atoms with Crippen LogP contribution in [-0.2, 0) is 13.0 Å². The van der Waals surface area contributed by atoms with Crippen molar-refractivity contribution in [2.24, 2.45) is 0 Å². The first-order valence-corrected chi connectivity index (χ1v) is 7.85. The molecule has 0 atom stereocenters. The molecule has 108 valence electrons. The average molecular weight is 290 g/mol. The van der Waals surface area contributed by atoms with Crippen LogP contribution in [0.1, 0.15) is 36.2 Å². The molecular formula is C16H22N2OS. The number of aryl methyl sites for hydroxylation is 2. The molecule has 0 bridgehead atoms. The molecule has 0 fully saturated rings. The number of hydrogen-bond donors (Lipinski definition) is 1. The van der Waals surface area contributed by atoms with E-state index in [1.165, 1.54) is 15.4 Å². The second kappa shape index (κ2) is 6.75. The molecule has 1 N–H and O–H groups in total. The molecule has 0 amide bonds. The third-order valence-corrected chi connectivity index (χ3v) is 4.07. The Kier molecular flexibility index (Phi) is 5.01. The van der Waals surface area contributed by atoms with E-state index in [0.717, 1.165) is 24.4 Å². The van der Waals surface area contributed by atoms with Gasteiger partial charge in [0.25, 0.3) is 0 Å². The highest BCUT2D eigenvalue weighted by Crippen LogP contribution is 2.23. The monoisotopic (exact) mass is 290 g/mol. The van der Waals surface area contributed by atoms with Gasteiger partial charge in [0, 0.05) is 16.8 Å². The van der Waals surface area contributed by atoms with Gasteiger partial charge >= 0.3 is 0 Å². The van der Waals surface area contributed by atoms with E-state index in [1.807, 2.05) is 26.1 Å². The van der Waals surface area contributed by atoms with Gasteiger partial charge in [-0.3, -0.25) is 0 Å². The Labute approximate surface area is 125 Å². The maximum Gasteiger partial charge on any atom is 0.120 e. The second-order valence-corrected chi connectivity index (χ2v) is 6.27. The van der Waals surface area contributed by atoms with Crippen molar-refractivity contribution in [1.82, 2.24) is 4.98 Å². The van der Waals surface area contributed by atoms with Crippen LogP contribution in [0, 0.1) is 6.92 Å². The fraction of sp³-hybridized carbons (Fsp3) is 0.438. The lowest BCUT2D eigenvalue weighted by Crippen LogP contribution is -2.06. The van der Waals surface area contributed by atoms with Crippen LogP contribution in [0.25, 0.3) is 0 Å². The van der Waals surface area contributed by atoms with Crippen LogP contribution in [0.3, 0.4) is 0 Å². The van der Waals surface area contributed by atoms with Crippen LogP contribution >= 0.6 is 11.3 Å². The molecule has 0 saturated carbocycles. The van der Waals surface area contributed by atoms with E-state index in [2.05, 4.69) is 36.3 Å². The SMILES string of the molecule is CCc1ncc(CNc2ccc(OC(C)C)cc2C)s1. The number of aromatic nitrogens is 1. The van der Waals surface area contributed by atoms with E-state index < -0.39 is 0 Å². The summed E-state index contributed by atoms with van der Waals surface area (Å²) < 4.78 is 5.69. The number of anilines is 1. The molecule has 2 aromatic rings. The van der Waals surface area contributed by atoms with Crippen molar-refractivity contribution in [2.45, 2.75) is 46.8 Å². The summed E-state index contributed by atoms with van der Waals surface area (Å²) in [6.07, 6.45) is 3.17. The van der Waals surface area contributed by atoms with E-state index in [0.29, 0.717) is 0 Å². The molecule has 0 spiro atoms. The van der Waals surface area contributed by atoms with Crippen LogP contribution in [0.5, 0.6) is 5.75 Å². The predicted molar refractivity (Wildman–Crippen MR) is 85.8 cm³/mol. The highest BCUT2D eigenvalue weighted by atomic mass is 32.1. The summed E-state index contributed by atoms with van der Waals surface area (Å²) in [5.74, 6) is 0.925. The molecule has 0 unspecified atom stereocenters. The fourth-order valence-electron chi connectivity index (χ4n) is 1.96. The summed E-state index contributed by atoms with van der Waals surface area (Å²) in [6, 6.07) is 6.17. The smallest absolute Gasteiger partial charge is 0.120 e. The minimum Gasteiger partial charge on any atom is -0.491 e. The Morgan fingerprint density at radius 1 is 1.35 bits per heavy atom. The van der Waals surface area contributed by atoms with Gasteiger partial charge in [0.15, 0.2) is 0 Å². The average Bonchev–Trinajstić information content (AvgIpc) is 2.85. The second-order valence-electron chi connectivity index (χ2n) is 5.07. The normalized spacial score (nSPS) is 10.8. The largest absolute Gasteiger partial charge is 0.491 e. The first-order chi connectivity index (χ1) is 9.58. The molecule has 0 radical (unpaired) electrons. The molecule has 20 heavy (non-hydrogen) atoms. The van der Waals surface area contributed by atoms with E-state index in [4.69, 9.17) is 4.74 Å². The number of rotatable bonds is 6. The number of thiazole rings is 1. The predicted octanol–water partition coefficient (Wildman–Crippen LogP) is 4.41. The highest BCUT2D eigenvalue weighted by Gasteiger charge is 2.04. The zero-order valence-corrected chi connectivity index (χ0v) is 13.4. The van der Waals surface area contributed by atoms with Crippen LogP contribution in [0.4, 0.5) is 5.69 Å². The summed E-state index contributed by atoms with van der Waals surface area (Å²) in [5, 5.41) is 4.66. The quantitative estimate of drug-likeness (QED) is 0.855. The third-order valence-electron chi connectivity index (χ3n) is 2.93. The molecule has 3 nitrogen and oxygen atoms in total. The summed E-state index contributed by atoms with van der Waals surface area (Å²) in [5.41, 5.74) is 2.34. The van der Waals surface area contributed by atoms with Crippen molar-refractivity contribution < 1.29 is 4.74 Å². The van der Waals surface area contributed by atoms with Crippen LogP contribution in [0.15, 0.2) is 24.4 Å².